The Hall–Kier alpha value is -0.570. The van der Waals surface area contributed by atoms with E-state index in [4.69, 9.17) is 5.73 Å². The second-order valence-electron chi connectivity index (χ2n) is 6.23. The fourth-order valence-corrected chi connectivity index (χ4v) is 3.45. The first-order chi connectivity index (χ1) is 8.72. The van der Waals surface area contributed by atoms with Gasteiger partial charge < -0.3 is 10.6 Å². The largest absolute Gasteiger partial charge is 0.338 e. The Morgan fingerprint density at radius 3 is 2.50 bits per heavy atom. The van der Waals surface area contributed by atoms with E-state index >= 15 is 0 Å². The van der Waals surface area contributed by atoms with Crippen LogP contribution in [-0.2, 0) is 4.79 Å². The molecule has 0 aromatic rings. The standard InChI is InChI=1S/C15H28N2O/c1-12-6-8-13(9-7-12)15(18)17-10-4-2-3-5-14(17)11-16/h12-14H,2-11,16H2,1H3. The third kappa shape index (κ3) is 3.25. The van der Waals surface area contributed by atoms with Gasteiger partial charge in [0.05, 0.1) is 0 Å². The lowest BCUT2D eigenvalue weighted by Gasteiger charge is -2.34. The maximum atomic E-state index is 12.7. The van der Waals surface area contributed by atoms with E-state index < -0.39 is 0 Å². The molecule has 0 spiro atoms. The minimum Gasteiger partial charge on any atom is -0.338 e. The molecule has 104 valence electrons. The van der Waals surface area contributed by atoms with Crippen molar-refractivity contribution in [2.75, 3.05) is 13.1 Å². The number of rotatable bonds is 2. The quantitative estimate of drug-likeness (QED) is 0.821. The van der Waals surface area contributed by atoms with Gasteiger partial charge in [-0.05, 0) is 44.4 Å². The molecular formula is C15H28N2O. The van der Waals surface area contributed by atoms with Gasteiger partial charge in [-0.1, -0.05) is 19.8 Å². The molecule has 1 aliphatic heterocycles. The Bertz CT molecular complexity index is 272. The van der Waals surface area contributed by atoms with Gasteiger partial charge in [0.25, 0.3) is 0 Å². The molecule has 0 radical (unpaired) electrons. The Labute approximate surface area is 111 Å². The molecule has 1 aliphatic carbocycles. The predicted molar refractivity (Wildman–Crippen MR) is 74.1 cm³/mol. The van der Waals surface area contributed by atoms with Crippen LogP contribution in [0, 0.1) is 11.8 Å². The highest BCUT2D eigenvalue weighted by molar-refractivity contribution is 5.79. The average molecular weight is 252 g/mol. The second-order valence-corrected chi connectivity index (χ2v) is 6.23. The van der Waals surface area contributed by atoms with Gasteiger partial charge in [0, 0.05) is 25.0 Å². The molecule has 0 aromatic heterocycles. The van der Waals surface area contributed by atoms with Crippen molar-refractivity contribution in [2.45, 2.75) is 64.3 Å². The number of hydrogen-bond donors (Lipinski definition) is 1. The topological polar surface area (TPSA) is 46.3 Å². The third-order valence-electron chi connectivity index (χ3n) is 4.80. The highest BCUT2D eigenvalue weighted by Gasteiger charge is 2.31. The highest BCUT2D eigenvalue weighted by Crippen LogP contribution is 2.31. The Balaban J connectivity index is 1.96. The number of nitrogens with zero attached hydrogens (tertiary/aromatic N) is 1. The maximum Gasteiger partial charge on any atom is 0.225 e. The molecule has 2 rings (SSSR count). The number of carbonyl (C=O) groups is 1. The van der Waals surface area contributed by atoms with E-state index in [1.54, 1.807) is 0 Å². The van der Waals surface area contributed by atoms with Crippen LogP contribution in [0.2, 0.25) is 0 Å². The van der Waals surface area contributed by atoms with Crippen LogP contribution < -0.4 is 5.73 Å². The number of hydrogen-bond acceptors (Lipinski definition) is 2. The van der Waals surface area contributed by atoms with E-state index in [1.165, 1.54) is 25.7 Å². The van der Waals surface area contributed by atoms with E-state index in [0.717, 1.165) is 38.1 Å². The van der Waals surface area contributed by atoms with Gasteiger partial charge in [-0.3, -0.25) is 4.79 Å². The van der Waals surface area contributed by atoms with Crippen molar-refractivity contribution in [3.8, 4) is 0 Å². The monoisotopic (exact) mass is 252 g/mol. The number of likely N-dealkylation sites (tertiary alicyclic amines) is 1. The van der Waals surface area contributed by atoms with Crippen molar-refractivity contribution in [3.05, 3.63) is 0 Å². The van der Waals surface area contributed by atoms with Crippen LogP contribution in [-0.4, -0.2) is 29.9 Å². The Kier molecular flexibility index (Phi) is 5.04. The summed E-state index contributed by atoms with van der Waals surface area (Å²) >= 11 is 0. The lowest BCUT2D eigenvalue weighted by Crippen LogP contribution is -2.47. The summed E-state index contributed by atoms with van der Waals surface area (Å²) in [5.41, 5.74) is 5.86. The van der Waals surface area contributed by atoms with Crippen LogP contribution in [0.4, 0.5) is 0 Å². The second kappa shape index (κ2) is 6.55. The van der Waals surface area contributed by atoms with E-state index in [-0.39, 0.29) is 5.92 Å². The number of carbonyl (C=O) groups excluding carboxylic acids is 1. The summed E-state index contributed by atoms with van der Waals surface area (Å²) in [5.74, 6) is 1.50. The summed E-state index contributed by atoms with van der Waals surface area (Å²) in [7, 11) is 0. The molecule has 0 aromatic carbocycles. The SMILES string of the molecule is CC1CCC(C(=O)N2CCCCCC2CN)CC1. The molecule has 3 heteroatoms. The van der Waals surface area contributed by atoms with Crippen molar-refractivity contribution in [1.29, 1.82) is 0 Å². The van der Waals surface area contributed by atoms with Crippen LogP contribution >= 0.6 is 0 Å². The van der Waals surface area contributed by atoms with Gasteiger partial charge >= 0.3 is 0 Å². The molecule has 3 nitrogen and oxygen atoms in total. The summed E-state index contributed by atoms with van der Waals surface area (Å²) in [4.78, 5) is 14.8. The van der Waals surface area contributed by atoms with E-state index in [0.29, 0.717) is 18.5 Å². The first kappa shape index (κ1) is 13.9. The van der Waals surface area contributed by atoms with Gasteiger partial charge in [-0.15, -0.1) is 0 Å². The number of amides is 1. The molecule has 1 saturated heterocycles. The molecule has 1 heterocycles. The predicted octanol–water partition coefficient (Wildman–Crippen LogP) is 2.54. The highest BCUT2D eigenvalue weighted by atomic mass is 16.2. The molecule has 18 heavy (non-hydrogen) atoms. The van der Waals surface area contributed by atoms with Gasteiger partial charge in [-0.25, -0.2) is 0 Å². The zero-order chi connectivity index (χ0) is 13.0. The van der Waals surface area contributed by atoms with Crippen LogP contribution in [0.15, 0.2) is 0 Å². The fraction of sp³-hybridized carbons (Fsp3) is 0.933. The summed E-state index contributed by atoms with van der Waals surface area (Å²) in [6.07, 6.45) is 9.36. The molecule has 0 bridgehead atoms. The minimum atomic E-state index is 0.286. The Morgan fingerprint density at radius 2 is 1.83 bits per heavy atom. The van der Waals surface area contributed by atoms with Crippen molar-refractivity contribution < 1.29 is 4.79 Å². The molecule has 2 N–H and O–H groups in total. The van der Waals surface area contributed by atoms with Crippen LogP contribution in [0.3, 0.4) is 0 Å². The molecule has 2 fully saturated rings. The van der Waals surface area contributed by atoms with E-state index in [9.17, 15) is 4.79 Å². The van der Waals surface area contributed by atoms with Gasteiger partial charge in [0.1, 0.15) is 0 Å². The van der Waals surface area contributed by atoms with Crippen molar-refractivity contribution in [2.24, 2.45) is 17.6 Å². The van der Waals surface area contributed by atoms with E-state index in [2.05, 4.69) is 11.8 Å². The zero-order valence-corrected chi connectivity index (χ0v) is 11.7. The van der Waals surface area contributed by atoms with Crippen molar-refractivity contribution in [3.63, 3.8) is 0 Å². The summed E-state index contributed by atoms with van der Waals surface area (Å²) in [6.45, 7) is 3.87. The normalized spacial score (nSPS) is 34.1. The first-order valence-corrected chi connectivity index (χ1v) is 7.73. The maximum absolute atomic E-state index is 12.7. The molecule has 1 unspecified atom stereocenters. The van der Waals surface area contributed by atoms with Crippen molar-refractivity contribution >= 4 is 5.91 Å². The molecule has 1 saturated carbocycles. The lowest BCUT2D eigenvalue weighted by atomic mass is 9.82. The van der Waals surface area contributed by atoms with Gasteiger partial charge in [-0.2, -0.15) is 0 Å². The molecule has 1 amide bonds. The fourth-order valence-electron chi connectivity index (χ4n) is 3.45. The minimum absolute atomic E-state index is 0.286. The smallest absolute Gasteiger partial charge is 0.225 e. The van der Waals surface area contributed by atoms with Gasteiger partial charge in [0.15, 0.2) is 0 Å². The third-order valence-corrected chi connectivity index (χ3v) is 4.80. The first-order valence-electron chi connectivity index (χ1n) is 7.73. The Morgan fingerprint density at radius 1 is 1.11 bits per heavy atom. The van der Waals surface area contributed by atoms with Crippen molar-refractivity contribution in [1.82, 2.24) is 4.90 Å². The van der Waals surface area contributed by atoms with Crippen LogP contribution in [0.1, 0.15) is 58.3 Å². The number of nitrogens with two attached hydrogens (primary N) is 1. The summed E-state index contributed by atoms with van der Waals surface area (Å²) in [5, 5.41) is 0. The van der Waals surface area contributed by atoms with E-state index in [1.807, 2.05) is 0 Å². The lowest BCUT2D eigenvalue weighted by molar-refractivity contribution is -0.139. The van der Waals surface area contributed by atoms with Gasteiger partial charge in [0.2, 0.25) is 5.91 Å². The molecule has 2 aliphatic rings. The average Bonchev–Trinajstić information content (AvgIpc) is 2.63. The van der Waals surface area contributed by atoms with Crippen LogP contribution in [0.25, 0.3) is 0 Å². The molecular weight excluding hydrogens is 224 g/mol. The molecule has 1 atom stereocenters. The zero-order valence-electron chi connectivity index (χ0n) is 11.7. The summed E-state index contributed by atoms with van der Waals surface area (Å²) < 4.78 is 0. The summed E-state index contributed by atoms with van der Waals surface area (Å²) in [6, 6.07) is 0.305. The van der Waals surface area contributed by atoms with Crippen LogP contribution in [0.5, 0.6) is 0 Å².